The van der Waals surface area contributed by atoms with Crippen LogP contribution in [-0.4, -0.2) is 43.1 Å². The van der Waals surface area contributed by atoms with Crippen molar-refractivity contribution in [2.75, 3.05) is 26.2 Å². The molecular formula is C25H38NO3+. The van der Waals surface area contributed by atoms with Gasteiger partial charge in [-0.1, -0.05) is 23.8 Å². The van der Waals surface area contributed by atoms with Gasteiger partial charge in [0.05, 0.1) is 24.8 Å². The maximum absolute atomic E-state index is 10.3. The molecule has 1 aromatic rings. The van der Waals surface area contributed by atoms with E-state index >= 15 is 0 Å². The number of rotatable bonds is 6. The minimum absolute atomic E-state index is 0.0889. The molecule has 2 heterocycles. The standard InChI is InChI=1S/C25H37NO3/c1-18-7-10-20-15-23(18)24(29-25(20,2)3)19-8-11-22(12-9-19)28-17-21(27)16-26-13-5-4-6-14-26/h7-9,11-12,20-21,23-24,27H,4-6,10,13-17H2,1-3H3/p+1/t20-,21-,23+,24+/m1/s1. The molecule has 2 fully saturated rings. The van der Waals surface area contributed by atoms with Gasteiger partial charge in [-0.3, -0.25) is 0 Å². The van der Waals surface area contributed by atoms with E-state index in [4.69, 9.17) is 9.47 Å². The molecule has 160 valence electrons. The van der Waals surface area contributed by atoms with E-state index in [0.29, 0.717) is 18.4 Å². The van der Waals surface area contributed by atoms with E-state index in [1.54, 1.807) is 0 Å². The van der Waals surface area contributed by atoms with Gasteiger partial charge in [0.25, 0.3) is 0 Å². The number of aliphatic hydroxyl groups excluding tert-OH is 1. The summed E-state index contributed by atoms with van der Waals surface area (Å²) in [6.45, 7) is 10.2. The SMILES string of the molecule is CC1=CC[C@@H]2C[C@@H]1[C@H](c1ccc(OC[C@H](O)C[NH+]3CCCCC3)cc1)OC2(C)C. The van der Waals surface area contributed by atoms with Gasteiger partial charge in [0.2, 0.25) is 0 Å². The number of aliphatic hydroxyl groups is 1. The van der Waals surface area contributed by atoms with Gasteiger partial charge in [-0.25, -0.2) is 0 Å². The van der Waals surface area contributed by atoms with Gasteiger partial charge in [-0.2, -0.15) is 0 Å². The smallest absolute Gasteiger partial charge is 0.137 e. The number of hydrogen-bond acceptors (Lipinski definition) is 3. The number of nitrogens with one attached hydrogen (secondary N) is 1. The summed E-state index contributed by atoms with van der Waals surface area (Å²) in [7, 11) is 0. The van der Waals surface area contributed by atoms with Crippen molar-refractivity contribution in [2.45, 2.75) is 70.7 Å². The van der Waals surface area contributed by atoms with Gasteiger partial charge < -0.3 is 19.5 Å². The van der Waals surface area contributed by atoms with Crippen LogP contribution in [0, 0.1) is 11.8 Å². The molecule has 0 unspecified atom stereocenters. The molecule has 0 aromatic heterocycles. The lowest BCUT2D eigenvalue weighted by atomic mass is 9.69. The number of ether oxygens (including phenoxy) is 2. The summed E-state index contributed by atoms with van der Waals surface area (Å²) in [5, 5.41) is 10.3. The van der Waals surface area contributed by atoms with Crippen molar-refractivity contribution in [3.8, 4) is 5.75 Å². The summed E-state index contributed by atoms with van der Waals surface area (Å²) in [4.78, 5) is 1.51. The van der Waals surface area contributed by atoms with E-state index < -0.39 is 6.10 Å². The normalized spacial score (nSPS) is 30.5. The monoisotopic (exact) mass is 400 g/mol. The van der Waals surface area contributed by atoms with Crippen LogP contribution in [0.5, 0.6) is 5.75 Å². The number of fused-ring (bicyclic) bond motifs is 2. The first kappa shape index (κ1) is 20.9. The predicted molar refractivity (Wildman–Crippen MR) is 115 cm³/mol. The molecule has 0 radical (unpaired) electrons. The third-order valence-electron chi connectivity index (χ3n) is 7.36. The Labute approximate surface area is 175 Å². The average Bonchev–Trinajstić information content (AvgIpc) is 2.72. The molecule has 4 rings (SSSR count). The first-order valence-corrected chi connectivity index (χ1v) is 11.5. The lowest BCUT2D eigenvalue weighted by Gasteiger charge is -2.49. The van der Waals surface area contributed by atoms with E-state index in [2.05, 4.69) is 39.0 Å². The van der Waals surface area contributed by atoms with E-state index in [-0.39, 0.29) is 11.7 Å². The largest absolute Gasteiger partial charge is 0.491 e. The molecule has 29 heavy (non-hydrogen) atoms. The average molecular weight is 401 g/mol. The van der Waals surface area contributed by atoms with Crippen molar-refractivity contribution < 1.29 is 19.5 Å². The first-order valence-electron chi connectivity index (χ1n) is 11.5. The highest BCUT2D eigenvalue weighted by atomic mass is 16.5. The Bertz CT molecular complexity index is 705. The van der Waals surface area contributed by atoms with Gasteiger partial charge >= 0.3 is 0 Å². The van der Waals surface area contributed by atoms with Crippen LogP contribution in [0.25, 0.3) is 0 Å². The Morgan fingerprint density at radius 1 is 1.17 bits per heavy atom. The van der Waals surface area contributed by atoms with Crippen LogP contribution in [0.15, 0.2) is 35.9 Å². The minimum Gasteiger partial charge on any atom is -0.491 e. The van der Waals surface area contributed by atoms with Crippen molar-refractivity contribution in [1.82, 2.24) is 0 Å². The molecule has 1 aromatic carbocycles. The van der Waals surface area contributed by atoms with E-state index in [1.165, 1.54) is 54.8 Å². The Morgan fingerprint density at radius 3 is 2.62 bits per heavy atom. The molecule has 0 amide bonds. The molecule has 2 N–H and O–H groups in total. The second-order valence-electron chi connectivity index (χ2n) is 9.91. The lowest BCUT2D eigenvalue weighted by molar-refractivity contribution is -0.908. The van der Waals surface area contributed by atoms with Crippen LogP contribution in [0.3, 0.4) is 0 Å². The third kappa shape index (κ3) is 4.87. The van der Waals surface area contributed by atoms with Gasteiger partial charge in [-0.15, -0.1) is 0 Å². The van der Waals surface area contributed by atoms with Crippen LogP contribution >= 0.6 is 0 Å². The number of hydrogen-bond donors (Lipinski definition) is 2. The Kier molecular flexibility index (Phi) is 6.33. The summed E-state index contributed by atoms with van der Waals surface area (Å²) in [5.41, 5.74) is 2.60. The van der Waals surface area contributed by atoms with E-state index in [9.17, 15) is 5.11 Å². The van der Waals surface area contributed by atoms with Crippen LogP contribution in [0.2, 0.25) is 0 Å². The zero-order valence-corrected chi connectivity index (χ0v) is 18.3. The van der Waals surface area contributed by atoms with Gasteiger partial charge in [0, 0.05) is 5.92 Å². The maximum Gasteiger partial charge on any atom is 0.137 e. The third-order valence-corrected chi connectivity index (χ3v) is 7.36. The summed E-state index contributed by atoms with van der Waals surface area (Å²) in [5.74, 6) is 1.91. The number of likely N-dealkylation sites (tertiary alicyclic amines) is 1. The van der Waals surface area contributed by atoms with Crippen molar-refractivity contribution in [3.05, 3.63) is 41.5 Å². The number of allylic oxidation sites excluding steroid dienone is 1. The van der Waals surface area contributed by atoms with Crippen molar-refractivity contribution in [2.24, 2.45) is 11.8 Å². The zero-order chi connectivity index (χ0) is 20.4. The Hall–Kier alpha value is -1.36. The summed E-state index contributed by atoms with van der Waals surface area (Å²) in [6, 6.07) is 8.33. The van der Waals surface area contributed by atoms with Crippen molar-refractivity contribution in [3.63, 3.8) is 0 Å². The molecule has 2 bridgehead atoms. The van der Waals surface area contributed by atoms with Crippen LogP contribution in [-0.2, 0) is 4.74 Å². The fourth-order valence-corrected chi connectivity index (χ4v) is 5.40. The predicted octanol–water partition coefficient (Wildman–Crippen LogP) is 3.32. The Morgan fingerprint density at radius 2 is 1.90 bits per heavy atom. The second-order valence-corrected chi connectivity index (χ2v) is 9.91. The Balaban J connectivity index is 1.35. The molecule has 4 nitrogen and oxygen atoms in total. The first-order chi connectivity index (χ1) is 13.9. The minimum atomic E-state index is -0.405. The molecule has 0 spiro atoms. The van der Waals surface area contributed by atoms with Crippen molar-refractivity contribution >= 4 is 0 Å². The fraction of sp³-hybridized carbons (Fsp3) is 0.680. The molecule has 0 saturated carbocycles. The molecule has 2 aliphatic heterocycles. The molecular weight excluding hydrogens is 362 g/mol. The van der Waals surface area contributed by atoms with Gasteiger partial charge in [0.1, 0.15) is 25.0 Å². The molecule has 2 saturated heterocycles. The van der Waals surface area contributed by atoms with Crippen LogP contribution in [0.1, 0.15) is 64.5 Å². The van der Waals surface area contributed by atoms with Crippen LogP contribution < -0.4 is 9.64 Å². The topological polar surface area (TPSA) is 43.1 Å². The molecule has 4 heteroatoms. The molecule has 1 aliphatic carbocycles. The highest BCUT2D eigenvalue weighted by Crippen LogP contribution is 2.50. The van der Waals surface area contributed by atoms with Crippen molar-refractivity contribution in [1.29, 1.82) is 0 Å². The highest BCUT2D eigenvalue weighted by Gasteiger charge is 2.45. The summed E-state index contributed by atoms with van der Waals surface area (Å²) >= 11 is 0. The lowest BCUT2D eigenvalue weighted by Crippen LogP contribution is -3.14. The molecule has 4 atom stereocenters. The van der Waals surface area contributed by atoms with Gasteiger partial charge in [-0.05, 0) is 76.5 Å². The zero-order valence-electron chi connectivity index (χ0n) is 18.3. The number of benzene rings is 1. The van der Waals surface area contributed by atoms with Gasteiger partial charge in [0.15, 0.2) is 0 Å². The summed E-state index contributed by atoms with van der Waals surface area (Å²) in [6.07, 6.45) is 8.36. The number of quaternary nitrogens is 1. The van der Waals surface area contributed by atoms with E-state index in [1.807, 2.05) is 12.1 Å². The second kappa shape index (κ2) is 8.79. The molecule has 3 aliphatic rings. The fourth-order valence-electron chi connectivity index (χ4n) is 5.40. The van der Waals surface area contributed by atoms with Crippen LogP contribution in [0.4, 0.5) is 0 Å². The summed E-state index contributed by atoms with van der Waals surface area (Å²) < 4.78 is 12.5. The maximum atomic E-state index is 10.3. The quantitative estimate of drug-likeness (QED) is 0.720. The highest BCUT2D eigenvalue weighted by molar-refractivity contribution is 5.31. The van der Waals surface area contributed by atoms with E-state index in [0.717, 1.165) is 18.7 Å². The number of piperidine rings is 1.